The van der Waals surface area contributed by atoms with Crippen LogP contribution in [-0.2, 0) is 4.52 Å². The summed E-state index contributed by atoms with van der Waals surface area (Å²) < 4.78 is 4.19. The summed E-state index contributed by atoms with van der Waals surface area (Å²) in [6, 6.07) is 0. The molecule has 7 heavy (non-hydrogen) atoms. The van der Waals surface area contributed by atoms with Crippen molar-refractivity contribution >= 4 is 20.2 Å². The van der Waals surface area contributed by atoms with Crippen molar-refractivity contribution < 1.29 is 14.3 Å². The van der Waals surface area contributed by atoms with E-state index in [4.69, 9.17) is 21.4 Å². The number of alkyl halides is 1. The van der Waals surface area contributed by atoms with Crippen molar-refractivity contribution in [2.75, 3.05) is 0 Å². The third kappa shape index (κ3) is 6.60. The molecule has 0 aliphatic carbocycles. The molecule has 0 aliphatic rings. The van der Waals surface area contributed by atoms with Gasteiger partial charge in [-0.15, -0.1) is 0 Å². The summed E-state index contributed by atoms with van der Waals surface area (Å²) in [4.78, 5) is 16.1. The zero-order chi connectivity index (χ0) is 5.86. The van der Waals surface area contributed by atoms with Gasteiger partial charge >= 0.3 is 8.60 Å². The Balaban J connectivity index is 2.95. The second-order valence-corrected chi connectivity index (χ2v) is 2.23. The predicted octanol–water partition coefficient (Wildman–Crippen LogP) is 0.799. The maximum absolute atomic E-state index is 8.04. The van der Waals surface area contributed by atoms with Crippen molar-refractivity contribution in [3.05, 3.63) is 0 Å². The van der Waals surface area contributed by atoms with Crippen LogP contribution in [0.4, 0.5) is 0 Å². The van der Waals surface area contributed by atoms with Gasteiger partial charge in [0, 0.05) is 0 Å². The molecular formula is C2H6ClO3P. The van der Waals surface area contributed by atoms with Crippen molar-refractivity contribution in [1.29, 1.82) is 0 Å². The largest absolute Gasteiger partial charge is 0.328 e. The van der Waals surface area contributed by atoms with E-state index in [2.05, 4.69) is 4.52 Å². The molecule has 3 nitrogen and oxygen atoms in total. The third-order valence-corrected chi connectivity index (χ3v) is 0.958. The van der Waals surface area contributed by atoms with Gasteiger partial charge < -0.3 is 9.79 Å². The van der Waals surface area contributed by atoms with Crippen LogP contribution in [-0.4, -0.2) is 15.3 Å². The molecule has 0 heterocycles. The lowest BCUT2D eigenvalue weighted by Gasteiger charge is -2.02. The van der Waals surface area contributed by atoms with Crippen LogP contribution in [0.3, 0.4) is 0 Å². The zero-order valence-electron chi connectivity index (χ0n) is 3.71. The molecule has 1 unspecified atom stereocenters. The summed E-state index contributed by atoms with van der Waals surface area (Å²) in [5.41, 5.74) is -0.624. The van der Waals surface area contributed by atoms with Gasteiger partial charge in [-0.3, -0.25) is 4.52 Å². The molecule has 2 N–H and O–H groups in total. The number of halogens is 1. The van der Waals surface area contributed by atoms with E-state index >= 15 is 0 Å². The quantitative estimate of drug-likeness (QED) is 0.445. The van der Waals surface area contributed by atoms with Gasteiger partial charge in [-0.25, -0.2) is 0 Å². The van der Waals surface area contributed by atoms with Gasteiger partial charge in [0.25, 0.3) is 0 Å². The van der Waals surface area contributed by atoms with Crippen LogP contribution < -0.4 is 0 Å². The molecule has 0 aromatic carbocycles. The molecule has 0 radical (unpaired) electrons. The number of hydrogen-bond donors (Lipinski definition) is 2. The Hall–Kier alpha value is 0.600. The van der Waals surface area contributed by atoms with E-state index in [1.807, 2.05) is 0 Å². The molecular weight excluding hydrogens is 138 g/mol. The second kappa shape index (κ2) is 3.58. The highest BCUT2D eigenvalue weighted by molar-refractivity contribution is 7.39. The van der Waals surface area contributed by atoms with Crippen LogP contribution in [0.5, 0.6) is 0 Å². The Bertz CT molecular complexity index is 42.2. The monoisotopic (exact) mass is 144 g/mol. The molecule has 0 aromatic rings. The molecule has 0 bridgehead atoms. The summed E-state index contributed by atoms with van der Waals surface area (Å²) in [6.45, 7) is 1.50. The second-order valence-electron chi connectivity index (χ2n) is 0.901. The smallest absolute Gasteiger partial charge is 0.328 e. The topological polar surface area (TPSA) is 49.7 Å². The highest BCUT2D eigenvalue weighted by atomic mass is 35.5. The summed E-state index contributed by atoms with van der Waals surface area (Å²) in [5.74, 6) is 0. The molecule has 1 atom stereocenters. The number of rotatable bonds is 2. The molecule has 0 spiro atoms. The average Bonchev–Trinajstić information content (AvgIpc) is 1.27. The van der Waals surface area contributed by atoms with Gasteiger partial charge in [-0.05, 0) is 6.92 Å². The Kier molecular flexibility index (Phi) is 3.89. The minimum Gasteiger partial charge on any atom is -0.328 e. The molecule has 0 saturated heterocycles. The van der Waals surface area contributed by atoms with Crippen LogP contribution >= 0.6 is 20.2 Å². The lowest BCUT2D eigenvalue weighted by Crippen LogP contribution is -1.91. The van der Waals surface area contributed by atoms with Crippen molar-refractivity contribution in [1.82, 2.24) is 0 Å². The van der Waals surface area contributed by atoms with Crippen molar-refractivity contribution in [2.45, 2.75) is 12.5 Å². The zero-order valence-corrected chi connectivity index (χ0v) is 5.36. The Morgan fingerprint density at radius 2 is 2.14 bits per heavy atom. The van der Waals surface area contributed by atoms with Gasteiger partial charge in [-0.2, -0.15) is 0 Å². The first-order valence-electron chi connectivity index (χ1n) is 1.61. The maximum atomic E-state index is 8.04. The Morgan fingerprint density at radius 1 is 1.71 bits per heavy atom. The standard InChI is InChI=1S/C2H6ClO3P/c1-2(3)6-7(4)5/h2,4-5H,1H3. The average molecular weight is 144 g/mol. The highest BCUT2D eigenvalue weighted by Crippen LogP contribution is 2.27. The molecule has 0 saturated carbocycles. The van der Waals surface area contributed by atoms with Gasteiger partial charge in [0.2, 0.25) is 0 Å². The summed E-state index contributed by atoms with van der Waals surface area (Å²) in [5, 5.41) is 0. The van der Waals surface area contributed by atoms with E-state index in [0.29, 0.717) is 0 Å². The fourth-order valence-electron chi connectivity index (χ4n) is 0.130. The first-order valence-corrected chi connectivity index (χ1v) is 3.22. The third-order valence-electron chi connectivity index (χ3n) is 0.240. The fraction of sp³-hybridized carbons (Fsp3) is 1.00. The maximum Gasteiger partial charge on any atom is 0.328 e. The number of hydrogen-bond acceptors (Lipinski definition) is 3. The molecule has 0 fully saturated rings. The van der Waals surface area contributed by atoms with E-state index in [-0.39, 0.29) is 0 Å². The SMILES string of the molecule is CC(Cl)OP(O)O. The summed E-state index contributed by atoms with van der Waals surface area (Å²) in [7, 11) is -2.27. The van der Waals surface area contributed by atoms with Crippen LogP contribution in [0.15, 0.2) is 0 Å². The fourth-order valence-corrected chi connectivity index (χ4v) is 0.604. The van der Waals surface area contributed by atoms with Gasteiger partial charge in [0.15, 0.2) is 0 Å². The molecule has 0 amide bonds. The lowest BCUT2D eigenvalue weighted by molar-refractivity contribution is 0.243. The molecule has 0 aliphatic heterocycles. The van der Waals surface area contributed by atoms with E-state index in [9.17, 15) is 0 Å². The molecule has 0 aromatic heterocycles. The van der Waals surface area contributed by atoms with Crippen LogP contribution in [0.25, 0.3) is 0 Å². The molecule has 44 valence electrons. The minimum atomic E-state index is -2.27. The van der Waals surface area contributed by atoms with Crippen molar-refractivity contribution in [2.24, 2.45) is 0 Å². The van der Waals surface area contributed by atoms with Crippen LogP contribution in [0, 0.1) is 0 Å². The summed E-state index contributed by atoms with van der Waals surface area (Å²) in [6.07, 6.45) is 0. The van der Waals surface area contributed by atoms with Gasteiger partial charge in [0.05, 0.1) is 0 Å². The van der Waals surface area contributed by atoms with E-state index < -0.39 is 14.2 Å². The first kappa shape index (κ1) is 7.60. The lowest BCUT2D eigenvalue weighted by atomic mass is 10.9. The summed E-state index contributed by atoms with van der Waals surface area (Å²) >= 11 is 5.15. The van der Waals surface area contributed by atoms with E-state index in [1.165, 1.54) is 6.92 Å². The highest BCUT2D eigenvalue weighted by Gasteiger charge is 2.02. The molecule has 0 rings (SSSR count). The Labute approximate surface area is 47.9 Å². The Morgan fingerprint density at radius 3 is 2.14 bits per heavy atom. The van der Waals surface area contributed by atoms with Gasteiger partial charge in [0.1, 0.15) is 5.56 Å². The first-order chi connectivity index (χ1) is 3.13. The van der Waals surface area contributed by atoms with Crippen molar-refractivity contribution in [3.63, 3.8) is 0 Å². The van der Waals surface area contributed by atoms with Crippen LogP contribution in [0.1, 0.15) is 6.92 Å². The van der Waals surface area contributed by atoms with E-state index in [0.717, 1.165) is 0 Å². The minimum absolute atomic E-state index is 0.624. The van der Waals surface area contributed by atoms with Gasteiger partial charge in [-0.1, -0.05) is 11.6 Å². The van der Waals surface area contributed by atoms with E-state index in [1.54, 1.807) is 0 Å². The van der Waals surface area contributed by atoms with Crippen LogP contribution in [0.2, 0.25) is 0 Å². The predicted molar refractivity (Wildman–Crippen MR) is 27.8 cm³/mol. The molecule has 5 heteroatoms. The van der Waals surface area contributed by atoms with Crippen molar-refractivity contribution in [3.8, 4) is 0 Å². The normalized spacial score (nSPS) is 15.0.